The number of ether oxygens (including phenoxy) is 1. The van der Waals surface area contributed by atoms with Crippen LogP contribution in [0.2, 0.25) is 0 Å². The van der Waals surface area contributed by atoms with Crippen LogP contribution in [0.5, 0.6) is 0 Å². The minimum atomic E-state index is -4.55. The van der Waals surface area contributed by atoms with Crippen LogP contribution in [-0.2, 0) is 15.7 Å². The molecule has 1 heterocycles. The van der Waals surface area contributed by atoms with E-state index in [1.807, 2.05) is 13.8 Å². The van der Waals surface area contributed by atoms with E-state index in [9.17, 15) is 22.8 Å². The third-order valence-corrected chi connectivity index (χ3v) is 6.28. The molecule has 1 saturated heterocycles. The third kappa shape index (κ3) is 4.48. The Morgan fingerprint density at radius 3 is 2.57 bits per heavy atom. The molecule has 8 heteroatoms. The Bertz CT molecular complexity index is 788. The summed E-state index contributed by atoms with van der Waals surface area (Å²) in [5, 5.41) is 2.88. The number of hydrogen-bond acceptors (Lipinski definition) is 3. The molecule has 30 heavy (non-hydrogen) atoms. The van der Waals surface area contributed by atoms with Crippen LogP contribution < -0.4 is 5.32 Å². The first-order chi connectivity index (χ1) is 14.1. The second-order valence-corrected chi connectivity index (χ2v) is 8.53. The minimum Gasteiger partial charge on any atom is -0.353 e. The summed E-state index contributed by atoms with van der Waals surface area (Å²) in [6, 6.07) is 3.42. The Balaban J connectivity index is 1.95. The second kappa shape index (κ2) is 8.57. The van der Waals surface area contributed by atoms with Gasteiger partial charge in [0.25, 0.3) is 5.91 Å². The van der Waals surface area contributed by atoms with E-state index in [1.165, 1.54) is 17.0 Å². The smallest absolute Gasteiger partial charge is 0.353 e. The van der Waals surface area contributed by atoms with Gasteiger partial charge in [-0.1, -0.05) is 19.9 Å². The van der Waals surface area contributed by atoms with Crippen LogP contribution in [-0.4, -0.2) is 41.1 Å². The highest BCUT2D eigenvalue weighted by atomic mass is 19.4. The molecule has 0 bridgehead atoms. The van der Waals surface area contributed by atoms with Gasteiger partial charge in [-0.05, 0) is 63.1 Å². The molecule has 5 nitrogen and oxygen atoms in total. The van der Waals surface area contributed by atoms with Crippen LogP contribution in [0.1, 0.15) is 68.8 Å². The first kappa shape index (κ1) is 22.6. The number of carbonyl (C=O) groups excluding carboxylic acids is 2. The zero-order valence-electron chi connectivity index (χ0n) is 17.6. The summed E-state index contributed by atoms with van der Waals surface area (Å²) in [6.07, 6.45) is -1.05. The van der Waals surface area contributed by atoms with Crippen molar-refractivity contribution in [3.63, 3.8) is 0 Å². The van der Waals surface area contributed by atoms with Gasteiger partial charge >= 0.3 is 6.18 Å². The molecule has 1 saturated carbocycles. The molecule has 2 aliphatic rings. The predicted molar refractivity (Wildman–Crippen MR) is 106 cm³/mol. The number of rotatable bonds is 4. The molecule has 2 amide bonds. The van der Waals surface area contributed by atoms with Crippen molar-refractivity contribution in [2.75, 3.05) is 6.61 Å². The van der Waals surface area contributed by atoms with Crippen molar-refractivity contribution in [1.29, 1.82) is 0 Å². The highest BCUT2D eigenvalue weighted by Crippen LogP contribution is 2.43. The van der Waals surface area contributed by atoms with Crippen molar-refractivity contribution in [2.24, 2.45) is 5.92 Å². The SMILES string of the molecule is CC[C@H](C)NC(=O)[C@@H]1COC2(CCC(C)CC2)N1C(=O)c1cccc(C(F)(F)F)c1. The maximum Gasteiger partial charge on any atom is 0.416 e. The van der Waals surface area contributed by atoms with Crippen LogP contribution >= 0.6 is 0 Å². The number of carbonyl (C=O) groups is 2. The highest BCUT2D eigenvalue weighted by Gasteiger charge is 2.53. The molecular formula is C22H29F3N2O3. The fraction of sp³-hybridized carbons (Fsp3) is 0.636. The maximum absolute atomic E-state index is 13.4. The largest absolute Gasteiger partial charge is 0.416 e. The molecule has 1 aromatic rings. The van der Waals surface area contributed by atoms with E-state index in [0.717, 1.165) is 31.4 Å². The number of halogens is 3. The summed E-state index contributed by atoms with van der Waals surface area (Å²) in [6.45, 7) is 5.96. The van der Waals surface area contributed by atoms with E-state index >= 15 is 0 Å². The van der Waals surface area contributed by atoms with Gasteiger partial charge < -0.3 is 10.1 Å². The molecule has 1 aliphatic heterocycles. The number of alkyl halides is 3. The number of nitrogens with zero attached hydrogens (tertiary/aromatic N) is 1. The summed E-state index contributed by atoms with van der Waals surface area (Å²) < 4.78 is 45.6. The number of hydrogen-bond donors (Lipinski definition) is 1. The van der Waals surface area contributed by atoms with E-state index in [1.54, 1.807) is 0 Å². The summed E-state index contributed by atoms with van der Waals surface area (Å²) in [7, 11) is 0. The Labute approximate surface area is 175 Å². The molecule has 1 spiro atoms. The standard InChI is InChI=1S/C22H29F3N2O3/c1-4-15(3)26-19(28)18-13-30-21(10-8-14(2)9-11-21)27(18)20(29)16-6-5-7-17(12-16)22(23,24)25/h5-7,12,14-15,18H,4,8-11,13H2,1-3H3,(H,26,28)/t14?,15-,18-,21?/m0/s1. The van der Waals surface area contributed by atoms with Gasteiger partial charge in [-0.15, -0.1) is 0 Å². The molecule has 1 aliphatic carbocycles. The molecule has 166 valence electrons. The minimum absolute atomic E-state index is 0.0430. The molecule has 0 aromatic heterocycles. The Morgan fingerprint density at radius 2 is 1.97 bits per heavy atom. The van der Waals surface area contributed by atoms with E-state index in [-0.39, 0.29) is 24.1 Å². The van der Waals surface area contributed by atoms with Gasteiger partial charge in [0.05, 0.1) is 12.2 Å². The van der Waals surface area contributed by atoms with Crippen molar-refractivity contribution < 1.29 is 27.5 Å². The molecule has 3 rings (SSSR count). The van der Waals surface area contributed by atoms with Gasteiger partial charge in [-0.2, -0.15) is 13.2 Å². The Morgan fingerprint density at radius 1 is 1.30 bits per heavy atom. The topological polar surface area (TPSA) is 58.6 Å². The lowest BCUT2D eigenvalue weighted by Crippen LogP contribution is -2.57. The number of benzene rings is 1. The van der Waals surface area contributed by atoms with Crippen molar-refractivity contribution in [1.82, 2.24) is 10.2 Å². The average Bonchev–Trinajstić information content (AvgIpc) is 3.08. The van der Waals surface area contributed by atoms with Gasteiger partial charge in [-0.25, -0.2) is 0 Å². The summed E-state index contributed by atoms with van der Waals surface area (Å²) >= 11 is 0. The van der Waals surface area contributed by atoms with E-state index in [2.05, 4.69) is 12.2 Å². The van der Waals surface area contributed by atoms with Crippen LogP contribution in [0.3, 0.4) is 0 Å². The van der Waals surface area contributed by atoms with Crippen molar-refractivity contribution >= 4 is 11.8 Å². The van der Waals surface area contributed by atoms with Gasteiger partial charge in [0.2, 0.25) is 5.91 Å². The third-order valence-electron chi connectivity index (χ3n) is 6.28. The quantitative estimate of drug-likeness (QED) is 0.778. The number of nitrogens with one attached hydrogen (secondary N) is 1. The van der Waals surface area contributed by atoms with Crippen molar-refractivity contribution in [3.8, 4) is 0 Å². The summed E-state index contributed by atoms with van der Waals surface area (Å²) in [4.78, 5) is 27.8. The fourth-order valence-electron chi connectivity index (χ4n) is 4.19. The van der Waals surface area contributed by atoms with Crippen LogP contribution in [0.25, 0.3) is 0 Å². The molecule has 1 aromatic carbocycles. The Hall–Kier alpha value is -2.09. The normalized spacial score (nSPS) is 27.9. The zero-order chi connectivity index (χ0) is 22.1. The van der Waals surface area contributed by atoms with Gasteiger partial charge in [0.1, 0.15) is 11.8 Å². The lowest BCUT2D eigenvalue weighted by molar-refractivity contribution is -0.137. The molecule has 0 radical (unpaired) electrons. The lowest BCUT2D eigenvalue weighted by atomic mass is 9.83. The summed E-state index contributed by atoms with van der Waals surface area (Å²) in [5.74, 6) is -0.463. The molecule has 2 fully saturated rings. The second-order valence-electron chi connectivity index (χ2n) is 8.53. The first-order valence-electron chi connectivity index (χ1n) is 10.5. The maximum atomic E-state index is 13.4. The molecule has 2 atom stereocenters. The van der Waals surface area contributed by atoms with E-state index in [0.29, 0.717) is 18.8 Å². The van der Waals surface area contributed by atoms with E-state index in [4.69, 9.17) is 4.74 Å². The highest BCUT2D eigenvalue weighted by molar-refractivity contribution is 5.98. The van der Waals surface area contributed by atoms with Crippen molar-refractivity contribution in [3.05, 3.63) is 35.4 Å². The van der Waals surface area contributed by atoms with Crippen LogP contribution in [0, 0.1) is 5.92 Å². The van der Waals surface area contributed by atoms with Gasteiger partial charge in [0.15, 0.2) is 0 Å². The molecular weight excluding hydrogens is 397 g/mol. The number of amides is 2. The Kier molecular flexibility index (Phi) is 6.45. The average molecular weight is 426 g/mol. The van der Waals surface area contributed by atoms with Gasteiger partial charge in [-0.3, -0.25) is 14.5 Å². The predicted octanol–water partition coefficient (Wildman–Crippen LogP) is 4.37. The molecule has 1 N–H and O–H groups in total. The van der Waals surface area contributed by atoms with Crippen LogP contribution in [0.15, 0.2) is 24.3 Å². The lowest BCUT2D eigenvalue weighted by Gasteiger charge is -2.43. The van der Waals surface area contributed by atoms with Gasteiger partial charge in [0, 0.05) is 11.6 Å². The fourth-order valence-corrected chi connectivity index (χ4v) is 4.19. The van der Waals surface area contributed by atoms with Crippen molar-refractivity contribution in [2.45, 2.75) is 76.9 Å². The van der Waals surface area contributed by atoms with E-state index < -0.39 is 29.4 Å². The first-order valence-corrected chi connectivity index (χ1v) is 10.5. The summed E-state index contributed by atoms with van der Waals surface area (Å²) in [5.41, 5.74) is -1.93. The zero-order valence-corrected chi connectivity index (χ0v) is 17.6. The monoisotopic (exact) mass is 426 g/mol. The van der Waals surface area contributed by atoms with Crippen LogP contribution in [0.4, 0.5) is 13.2 Å². The molecule has 0 unspecified atom stereocenters.